The average molecular weight is 449 g/mol. The smallest absolute Gasteiger partial charge is 0.326 e. The summed E-state index contributed by atoms with van der Waals surface area (Å²) < 4.78 is 0. The molecule has 30 heavy (non-hydrogen) atoms. The third kappa shape index (κ3) is 12.3. The molecule has 0 aliphatic carbocycles. The second-order valence-corrected chi connectivity index (χ2v) is 8.17. The normalized spacial score (nSPS) is 13.8. The molecule has 0 saturated carbocycles. The molecule has 3 atom stereocenters. The van der Waals surface area contributed by atoms with E-state index in [2.05, 4.69) is 16.0 Å². The van der Waals surface area contributed by atoms with Crippen LogP contribution in [0, 0.1) is 5.92 Å². The zero-order chi connectivity index (χ0) is 23.3. The van der Waals surface area contributed by atoms with Crippen molar-refractivity contribution in [1.29, 1.82) is 0 Å². The molecule has 0 aromatic rings. The van der Waals surface area contributed by atoms with Crippen LogP contribution in [-0.2, 0) is 24.0 Å². The van der Waals surface area contributed by atoms with E-state index in [1.165, 1.54) is 11.8 Å². The fourth-order valence-electron chi connectivity index (χ4n) is 2.46. The van der Waals surface area contributed by atoms with Crippen LogP contribution < -0.4 is 21.7 Å². The van der Waals surface area contributed by atoms with Crippen LogP contribution in [0.25, 0.3) is 0 Å². The van der Waals surface area contributed by atoms with Gasteiger partial charge in [-0.3, -0.25) is 19.2 Å². The van der Waals surface area contributed by atoms with Gasteiger partial charge in [-0.05, 0) is 37.2 Å². The van der Waals surface area contributed by atoms with Crippen LogP contribution >= 0.6 is 11.8 Å². The van der Waals surface area contributed by atoms with Gasteiger partial charge in [0.05, 0.1) is 12.6 Å². The topological polar surface area (TPSA) is 188 Å². The largest absolute Gasteiger partial charge is 0.481 e. The van der Waals surface area contributed by atoms with Crippen molar-refractivity contribution in [2.24, 2.45) is 11.7 Å². The van der Waals surface area contributed by atoms with Crippen molar-refractivity contribution in [3.05, 3.63) is 0 Å². The summed E-state index contributed by atoms with van der Waals surface area (Å²) in [7, 11) is 0. The molecule has 172 valence electrons. The van der Waals surface area contributed by atoms with Crippen molar-refractivity contribution in [3.63, 3.8) is 0 Å². The van der Waals surface area contributed by atoms with Crippen LogP contribution in [0.2, 0.25) is 0 Å². The Morgan fingerprint density at radius 3 is 2.10 bits per heavy atom. The number of thioether (sulfide) groups is 1. The first-order valence-electron chi connectivity index (χ1n) is 9.54. The minimum atomic E-state index is -1.26. The van der Waals surface area contributed by atoms with Crippen molar-refractivity contribution >= 4 is 41.4 Å². The van der Waals surface area contributed by atoms with Gasteiger partial charge < -0.3 is 31.9 Å². The third-order valence-corrected chi connectivity index (χ3v) is 4.65. The lowest BCUT2D eigenvalue weighted by Crippen LogP contribution is -2.54. The monoisotopic (exact) mass is 448 g/mol. The Morgan fingerprint density at radius 1 is 0.967 bits per heavy atom. The van der Waals surface area contributed by atoms with E-state index in [4.69, 9.17) is 10.8 Å². The van der Waals surface area contributed by atoms with Crippen molar-refractivity contribution in [2.45, 2.75) is 57.7 Å². The van der Waals surface area contributed by atoms with Gasteiger partial charge in [0.1, 0.15) is 12.1 Å². The number of amides is 3. The molecule has 11 nitrogen and oxygen atoms in total. The Bertz CT molecular complexity index is 615. The van der Waals surface area contributed by atoms with Crippen LogP contribution in [-0.4, -0.2) is 76.6 Å². The summed E-state index contributed by atoms with van der Waals surface area (Å²) in [5.41, 5.74) is 5.73. The summed E-state index contributed by atoms with van der Waals surface area (Å²) in [4.78, 5) is 58.6. The highest BCUT2D eigenvalue weighted by atomic mass is 32.2. The fourth-order valence-corrected chi connectivity index (χ4v) is 2.93. The maximum atomic E-state index is 12.4. The van der Waals surface area contributed by atoms with E-state index in [1.807, 2.05) is 13.8 Å². The number of carboxylic acids is 2. The van der Waals surface area contributed by atoms with Crippen LogP contribution in [0.1, 0.15) is 39.5 Å². The molecular weight excluding hydrogens is 416 g/mol. The molecule has 7 N–H and O–H groups in total. The Hall–Kier alpha value is -2.34. The van der Waals surface area contributed by atoms with Crippen molar-refractivity contribution in [1.82, 2.24) is 16.0 Å². The van der Waals surface area contributed by atoms with Gasteiger partial charge >= 0.3 is 11.9 Å². The number of carboxylic acid groups (broad SMARTS) is 2. The molecule has 12 heteroatoms. The lowest BCUT2D eigenvalue weighted by molar-refractivity contribution is -0.143. The van der Waals surface area contributed by atoms with Crippen LogP contribution in [0.5, 0.6) is 0 Å². The number of hydrogen-bond acceptors (Lipinski definition) is 7. The van der Waals surface area contributed by atoms with E-state index < -0.39 is 60.8 Å². The Balaban J connectivity index is 4.92. The van der Waals surface area contributed by atoms with E-state index >= 15 is 0 Å². The third-order valence-electron chi connectivity index (χ3n) is 4.01. The van der Waals surface area contributed by atoms with E-state index in [0.717, 1.165) is 0 Å². The number of nitrogens with one attached hydrogen (secondary N) is 3. The van der Waals surface area contributed by atoms with Crippen molar-refractivity contribution in [2.75, 3.05) is 18.6 Å². The molecule has 0 radical (unpaired) electrons. The average Bonchev–Trinajstić information content (AvgIpc) is 2.65. The number of hydrogen-bond donors (Lipinski definition) is 6. The molecule has 0 saturated heterocycles. The van der Waals surface area contributed by atoms with Gasteiger partial charge in [-0.1, -0.05) is 13.8 Å². The molecule has 3 amide bonds. The van der Waals surface area contributed by atoms with Crippen LogP contribution in [0.3, 0.4) is 0 Å². The quantitative estimate of drug-likeness (QED) is 0.185. The first-order chi connectivity index (χ1) is 14.0. The summed E-state index contributed by atoms with van der Waals surface area (Å²) in [6.45, 7) is 3.35. The number of carbonyl (C=O) groups excluding carboxylic acids is 3. The summed E-state index contributed by atoms with van der Waals surface area (Å²) >= 11 is 1.41. The lowest BCUT2D eigenvalue weighted by atomic mass is 10.0. The van der Waals surface area contributed by atoms with E-state index in [1.54, 1.807) is 6.26 Å². The van der Waals surface area contributed by atoms with Gasteiger partial charge in [-0.2, -0.15) is 11.8 Å². The number of carbonyl (C=O) groups is 5. The zero-order valence-electron chi connectivity index (χ0n) is 17.5. The second kappa shape index (κ2) is 14.6. The van der Waals surface area contributed by atoms with Crippen molar-refractivity contribution in [3.8, 4) is 0 Å². The first kappa shape index (κ1) is 27.7. The molecule has 0 aromatic heterocycles. The van der Waals surface area contributed by atoms with Crippen LogP contribution in [0.15, 0.2) is 0 Å². The highest BCUT2D eigenvalue weighted by Gasteiger charge is 2.27. The highest BCUT2D eigenvalue weighted by molar-refractivity contribution is 7.98. The van der Waals surface area contributed by atoms with Crippen molar-refractivity contribution < 1.29 is 34.2 Å². The van der Waals surface area contributed by atoms with Gasteiger partial charge in [-0.25, -0.2) is 4.79 Å². The molecule has 0 heterocycles. The predicted octanol–water partition coefficient (Wildman–Crippen LogP) is -0.852. The molecule has 0 rings (SSSR count). The first-order valence-corrected chi connectivity index (χ1v) is 10.9. The standard InChI is InChI=1S/C18H32N4O7S/c1-10(2)8-11(19)16(26)20-9-14(23)21-12(4-5-15(24)25)17(27)22-13(18(28)29)6-7-30-3/h10-13H,4-9,19H2,1-3H3,(H,20,26)(H,21,23)(H,22,27)(H,24,25)(H,28,29). The molecule has 0 spiro atoms. The maximum Gasteiger partial charge on any atom is 0.326 e. The molecule has 0 fully saturated rings. The minimum Gasteiger partial charge on any atom is -0.481 e. The van der Waals surface area contributed by atoms with Crippen LogP contribution in [0.4, 0.5) is 0 Å². The summed E-state index contributed by atoms with van der Waals surface area (Å²) in [5.74, 6) is -3.77. The SMILES string of the molecule is CSCCC(NC(=O)C(CCC(=O)O)NC(=O)CNC(=O)C(N)CC(C)C)C(=O)O. The van der Waals surface area contributed by atoms with Gasteiger partial charge in [-0.15, -0.1) is 0 Å². The molecule has 0 bridgehead atoms. The molecular formula is C18H32N4O7S. The number of aliphatic carboxylic acids is 2. The summed E-state index contributed by atoms with van der Waals surface area (Å²) in [5, 5.41) is 25.1. The second-order valence-electron chi connectivity index (χ2n) is 7.19. The fraction of sp³-hybridized carbons (Fsp3) is 0.722. The predicted molar refractivity (Wildman–Crippen MR) is 112 cm³/mol. The molecule has 0 aliphatic heterocycles. The number of rotatable bonds is 15. The molecule has 0 aromatic carbocycles. The minimum absolute atomic E-state index is 0.172. The highest BCUT2D eigenvalue weighted by Crippen LogP contribution is 2.05. The van der Waals surface area contributed by atoms with Gasteiger partial charge in [0.2, 0.25) is 17.7 Å². The summed E-state index contributed by atoms with van der Waals surface area (Å²) in [6, 6.07) is -3.20. The molecule has 3 unspecified atom stereocenters. The summed E-state index contributed by atoms with van der Waals surface area (Å²) in [6.07, 6.45) is 1.75. The number of nitrogens with two attached hydrogens (primary N) is 1. The van der Waals surface area contributed by atoms with Gasteiger partial charge in [0.25, 0.3) is 0 Å². The van der Waals surface area contributed by atoms with E-state index in [9.17, 15) is 29.1 Å². The lowest BCUT2D eigenvalue weighted by Gasteiger charge is -2.21. The Kier molecular flexibility index (Phi) is 13.5. The van der Waals surface area contributed by atoms with E-state index in [-0.39, 0.29) is 18.8 Å². The van der Waals surface area contributed by atoms with E-state index in [0.29, 0.717) is 12.2 Å². The Morgan fingerprint density at radius 2 is 1.60 bits per heavy atom. The molecule has 0 aliphatic rings. The van der Waals surface area contributed by atoms with Gasteiger partial charge in [0, 0.05) is 6.42 Å². The Labute approximate surface area is 179 Å². The maximum absolute atomic E-state index is 12.4. The zero-order valence-corrected chi connectivity index (χ0v) is 18.3. The van der Waals surface area contributed by atoms with Gasteiger partial charge in [0.15, 0.2) is 0 Å².